The summed E-state index contributed by atoms with van der Waals surface area (Å²) < 4.78 is 32.5. The third-order valence-electron chi connectivity index (χ3n) is 4.20. The Morgan fingerprint density at radius 2 is 1.75 bits per heavy atom. The molecule has 28 heavy (non-hydrogen) atoms. The van der Waals surface area contributed by atoms with Gasteiger partial charge in [0.25, 0.3) is 5.91 Å². The first-order valence-electron chi connectivity index (χ1n) is 9.02. The highest BCUT2D eigenvalue weighted by molar-refractivity contribution is 7.89. The zero-order chi connectivity index (χ0) is 20.7. The van der Waals surface area contributed by atoms with Gasteiger partial charge < -0.3 is 10.1 Å². The molecule has 0 bridgehead atoms. The van der Waals surface area contributed by atoms with E-state index in [0.29, 0.717) is 19.6 Å². The lowest BCUT2D eigenvalue weighted by Gasteiger charge is -2.20. The zero-order valence-electron chi connectivity index (χ0n) is 16.2. The maximum Gasteiger partial charge on any atom is 0.258 e. The predicted octanol–water partition coefficient (Wildman–Crippen LogP) is 3.37. The van der Waals surface area contributed by atoms with E-state index in [0.717, 1.165) is 11.1 Å². The van der Waals surface area contributed by atoms with E-state index in [1.165, 1.54) is 22.5 Å². The summed E-state index contributed by atoms with van der Waals surface area (Å²) in [7, 11) is -3.77. The summed E-state index contributed by atoms with van der Waals surface area (Å²) in [4.78, 5) is 12.1. The number of nitrogens with zero attached hydrogens (tertiary/aromatic N) is 1. The molecule has 1 N–H and O–H groups in total. The molecule has 1 amide bonds. The fourth-order valence-corrected chi connectivity index (χ4v) is 4.46. The lowest BCUT2D eigenvalue weighted by molar-refractivity contribution is -0.123. The summed E-state index contributed by atoms with van der Waals surface area (Å²) in [5.74, 6) is -0.247. The van der Waals surface area contributed by atoms with Crippen LogP contribution in [-0.2, 0) is 21.4 Å². The summed E-state index contributed by atoms with van der Waals surface area (Å²) in [5.41, 5.74) is 2.11. The van der Waals surface area contributed by atoms with E-state index >= 15 is 0 Å². The fraction of sp³-hybridized carbons (Fsp3) is 0.350. The molecule has 6 nitrogen and oxygen atoms in total. The van der Waals surface area contributed by atoms with Crippen LogP contribution >= 0.6 is 11.6 Å². The number of aryl methyl sites for hydroxylation is 1. The van der Waals surface area contributed by atoms with Crippen molar-refractivity contribution in [1.82, 2.24) is 9.62 Å². The van der Waals surface area contributed by atoms with Crippen LogP contribution in [0.5, 0.6) is 5.75 Å². The second-order valence-corrected chi connectivity index (χ2v) is 8.57. The number of benzene rings is 2. The van der Waals surface area contributed by atoms with Gasteiger partial charge in [-0.25, -0.2) is 8.42 Å². The molecule has 0 atom stereocenters. The van der Waals surface area contributed by atoms with Gasteiger partial charge in [0.15, 0.2) is 6.61 Å². The lowest BCUT2D eigenvalue weighted by atomic mass is 10.1. The molecule has 0 saturated heterocycles. The van der Waals surface area contributed by atoms with E-state index in [9.17, 15) is 13.2 Å². The summed E-state index contributed by atoms with van der Waals surface area (Å²) >= 11 is 5.99. The minimum atomic E-state index is -3.77. The quantitative estimate of drug-likeness (QED) is 0.669. The Morgan fingerprint density at radius 1 is 1.11 bits per heavy atom. The molecular formula is C20H25ClN2O4S. The van der Waals surface area contributed by atoms with Crippen molar-refractivity contribution < 1.29 is 17.9 Å². The Bertz CT molecular complexity index is 910. The van der Waals surface area contributed by atoms with Gasteiger partial charge in [0.2, 0.25) is 10.0 Å². The lowest BCUT2D eigenvalue weighted by Crippen LogP contribution is -2.32. The predicted molar refractivity (Wildman–Crippen MR) is 110 cm³/mol. The highest BCUT2D eigenvalue weighted by Crippen LogP contribution is 2.29. The molecule has 0 unspecified atom stereocenters. The standard InChI is InChI=1S/C20H25ClN2O4S/c1-4-23(5-2)28(25,26)19-12-17(21)10-11-18(19)27-14-20(24)22-13-16-8-6-15(3)7-9-16/h6-12H,4-5,13-14H2,1-3H3,(H,22,24). The van der Waals surface area contributed by atoms with Crippen molar-refractivity contribution in [3.05, 3.63) is 58.6 Å². The second kappa shape index (κ2) is 9.91. The monoisotopic (exact) mass is 424 g/mol. The van der Waals surface area contributed by atoms with Crippen LogP contribution in [0, 0.1) is 6.92 Å². The van der Waals surface area contributed by atoms with Gasteiger partial charge in [0.1, 0.15) is 10.6 Å². The van der Waals surface area contributed by atoms with E-state index in [4.69, 9.17) is 16.3 Å². The first kappa shape index (κ1) is 22.2. The number of carbonyl (C=O) groups excluding carboxylic acids is 1. The van der Waals surface area contributed by atoms with Crippen LogP contribution in [0.15, 0.2) is 47.4 Å². The molecule has 0 heterocycles. The Labute approximate surface area is 171 Å². The van der Waals surface area contributed by atoms with Crippen molar-refractivity contribution in [2.75, 3.05) is 19.7 Å². The number of rotatable bonds is 9. The summed E-state index contributed by atoms with van der Waals surface area (Å²) in [6.07, 6.45) is 0. The molecule has 2 aromatic carbocycles. The highest BCUT2D eigenvalue weighted by atomic mass is 35.5. The van der Waals surface area contributed by atoms with Crippen molar-refractivity contribution in [3.63, 3.8) is 0 Å². The van der Waals surface area contributed by atoms with Crippen LogP contribution < -0.4 is 10.1 Å². The van der Waals surface area contributed by atoms with Crippen LogP contribution in [0.4, 0.5) is 0 Å². The molecule has 0 aliphatic heterocycles. The van der Waals surface area contributed by atoms with Crippen molar-refractivity contribution in [2.24, 2.45) is 0 Å². The average Bonchev–Trinajstić information content (AvgIpc) is 2.67. The smallest absolute Gasteiger partial charge is 0.258 e. The molecule has 0 aliphatic rings. The van der Waals surface area contributed by atoms with Gasteiger partial charge in [-0.2, -0.15) is 4.31 Å². The van der Waals surface area contributed by atoms with Crippen LogP contribution in [0.25, 0.3) is 0 Å². The first-order chi connectivity index (χ1) is 13.3. The maximum atomic E-state index is 12.8. The van der Waals surface area contributed by atoms with Crippen molar-refractivity contribution in [1.29, 1.82) is 0 Å². The minimum Gasteiger partial charge on any atom is -0.482 e. The molecule has 0 aliphatic carbocycles. The normalized spacial score (nSPS) is 11.5. The van der Waals surface area contributed by atoms with Crippen molar-refractivity contribution in [3.8, 4) is 5.75 Å². The second-order valence-electron chi connectivity index (χ2n) is 6.23. The van der Waals surface area contributed by atoms with Crippen LogP contribution in [0.2, 0.25) is 5.02 Å². The van der Waals surface area contributed by atoms with Gasteiger partial charge in [-0.05, 0) is 30.7 Å². The molecule has 8 heteroatoms. The zero-order valence-corrected chi connectivity index (χ0v) is 17.8. The van der Waals surface area contributed by atoms with Crippen molar-refractivity contribution in [2.45, 2.75) is 32.2 Å². The summed E-state index contributed by atoms with van der Waals surface area (Å²) in [5, 5.41) is 3.03. The van der Waals surface area contributed by atoms with Crippen LogP contribution in [-0.4, -0.2) is 38.3 Å². The Kier molecular flexibility index (Phi) is 7.86. The fourth-order valence-electron chi connectivity index (χ4n) is 2.61. The third kappa shape index (κ3) is 5.70. The molecule has 0 fully saturated rings. The third-order valence-corrected chi connectivity index (χ3v) is 6.50. The Hall–Kier alpha value is -2.09. The van der Waals surface area contributed by atoms with Gasteiger partial charge in [-0.15, -0.1) is 0 Å². The topological polar surface area (TPSA) is 75.7 Å². The van der Waals surface area contributed by atoms with Gasteiger partial charge >= 0.3 is 0 Å². The van der Waals surface area contributed by atoms with E-state index in [1.807, 2.05) is 31.2 Å². The van der Waals surface area contributed by atoms with E-state index < -0.39 is 10.0 Å². The SMILES string of the molecule is CCN(CC)S(=O)(=O)c1cc(Cl)ccc1OCC(=O)NCc1ccc(C)cc1. The van der Waals surface area contributed by atoms with E-state index in [1.54, 1.807) is 13.8 Å². The number of sulfonamides is 1. The molecule has 152 valence electrons. The van der Waals surface area contributed by atoms with Crippen molar-refractivity contribution >= 4 is 27.5 Å². The first-order valence-corrected chi connectivity index (χ1v) is 10.8. The molecule has 0 saturated carbocycles. The van der Waals surface area contributed by atoms with Gasteiger partial charge in [-0.1, -0.05) is 55.3 Å². The number of hydrogen-bond acceptors (Lipinski definition) is 4. The summed E-state index contributed by atoms with van der Waals surface area (Å²) in [6, 6.07) is 12.1. The largest absolute Gasteiger partial charge is 0.482 e. The van der Waals surface area contributed by atoms with Gasteiger partial charge in [0.05, 0.1) is 0 Å². The molecule has 2 aromatic rings. The molecular weight excluding hydrogens is 400 g/mol. The number of nitrogens with one attached hydrogen (secondary N) is 1. The maximum absolute atomic E-state index is 12.8. The number of ether oxygens (including phenoxy) is 1. The number of hydrogen-bond donors (Lipinski definition) is 1. The molecule has 0 radical (unpaired) electrons. The molecule has 0 aromatic heterocycles. The minimum absolute atomic E-state index is 0.0463. The average molecular weight is 425 g/mol. The molecule has 2 rings (SSSR count). The van der Waals surface area contributed by atoms with E-state index in [2.05, 4.69) is 5.32 Å². The number of halogens is 1. The van der Waals surface area contributed by atoms with Crippen LogP contribution in [0.1, 0.15) is 25.0 Å². The summed E-state index contributed by atoms with van der Waals surface area (Å²) in [6.45, 7) is 6.22. The molecule has 0 spiro atoms. The van der Waals surface area contributed by atoms with Gasteiger partial charge in [0, 0.05) is 24.7 Å². The van der Waals surface area contributed by atoms with Gasteiger partial charge in [-0.3, -0.25) is 4.79 Å². The Balaban J connectivity index is 2.07. The number of carbonyl (C=O) groups is 1. The highest BCUT2D eigenvalue weighted by Gasteiger charge is 2.26. The van der Waals surface area contributed by atoms with Crippen LogP contribution in [0.3, 0.4) is 0 Å². The Morgan fingerprint density at radius 3 is 2.36 bits per heavy atom. The van der Waals surface area contributed by atoms with E-state index in [-0.39, 0.29) is 28.2 Å². The number of amides is 1.